The smallest absolute Gasteiger partial charge is 0.340 e. The molecule has 0 aliphatic carbocycles. The number of ketones is 1. The summed E-state index contributed by atoms with van der Waals surface area (Å²) in [5.74, 6) is -1.46. The molecule has 2 atom stereocenters. The zero-order chi connectivity index (χ0) is 24.5. The molecule has 0 saturated carbocycles. The van der Waals surface area contributed by atoms with Crippen LogP contribution in [0.2, 0.25) is 0 Å². The molecule has 2 N–H and O–H groups in total. The summed E-state index contributed by atoms with van der Waals surface area (Å²) in [6.45, 7) is 6.69. The lowest BCUT2D eigenvalue weighted by Gasteiger charge is -2.20. The summed E-state index contributed by atoms with van der Waals surface area (Å²) < 4.78 is 10.5. The molecule has 0 spiro atoms. The van der Waals surface area contributed by atoms with E-state index < -0.39 is 35.8 Å². The fraction of sp³-hybridized carbons (Fsp3) is 0.417. The number of carbonyl (C=O) groups excluding carboxylic acids is 4. The Bertz CT molecular complexity index is 1000. The largest absolute Gasteiger partial charge is 0.462 e. The van der Waals surface area contributed by atoms with Crippen molar-refractivity contribution in [2.75, 3.05) is 18.6 Å². The van der Waals surface area contributed by atoms with Crippen molar-refractivity contribution in [2.24, 2.45) is 0 Å². The number of esters is 2. The number of hydrogen-bond donors (Lipinski definition) is 2. The highest BCUT2D eigenvalue weighted by Crippen LogP contribution is 2.21. The van der Waals surface area contributed by atoms with Gasteiger partial charge in [0.05, 0.1) is 17.9 Å². The molecule has 1 heterocycles. The molecule has 178 valence electrons. The van der Waals surface area contributed by atoms with Gasteiger partial charge in [-0.2, -0.15) is 11.8 Å². The van der Waals surface area contributed by atoms with Crippen molar-refractivity contribution in [1.82, 2.24) is 10.3 Å². The molecule has 0 bridgehead atoms. The SMILES string of the molecule is CCOC(=O)c1c(C)[nH]c(C(=O)C(C)OC(=O)C(CCSC)NC(=O)c2ccccc2)c1C. The molecular formula is C24H30N2O6S. The first-order valence-corrected chi connectivity index (χ1v) is 12.1. The number of aromatic nitrogens is 1. The fourth-order valence-corrected chi connectivity index (χ4v) is 3.81. The van der Waals surface area contributed by atoms with E-state index in [1.165, 1.54) is 18.7 Å². The minimum absolute atomic E-state index is 0.185. The van der Waals surface area contributed by atoms with E-state index in [2.05, 4.69) is 10.3 Å². The highest BCUT2D eigenvalue weighted by Gasteiger charge is 2.30. The van der Waals surface area contributed by atoms with Crippen LogP contribution in [0.4, 0.5) is 0 Å². The Kier molecular flexibility index (Phi) is 9.72. The van der Waals surface area contributed by atoms with Crippen molar-refractivity contribution in [2.45, 2.75) is 46.3 Å². The van der Waals surface area contributed by atoms with Crippen LogP contribution in [0.5, 0.6) is 0 Å². The minimum atomic E-state index is -1.12. The topological polar surface area (TPSA) is 115 Å². The van der Waals surface area contributed by atoms with Crippen molar-refractivity contribution in [1.29, 1.82) is 0 Å². The average Bonchev–Trinajstić information content (AvgIpc) is 3.10. The zero-order valence-corrected chi connectivity index (χ0v) is 20.3. The molecule has 2 unspecified atom stereocenters. The Balaban J connectivity index is 2.14. The molecule has 0 radical (unpaired) electrons. The second-order valence-electron chi connectivity index (χ2n) is 7.46. The summed E-state index contributed by atoms with van der Waals surface area (Å²) in [5.41, 5.74) is 1.85. The molecule has 33 heavy (non-hydrogen) atoms. The molecular weight excluding hydrogens is 444 g/mol. The predicted octanol–water partition coefficient (Wildman–Crippen LogP) is 3.47. The molecule has 2 rings (SSSR count). The molecule has 0 saturated heterocycles. The lowest BCUT2D eigenvalue weighted by atomic mass is 10.1. The van der Waals surface area contributed by atoms with Gasteiger partial charge in [0.2, 0.25) is 5.78 Å². The number of aromatic amines is 1. The molecule has 0 aliphatic heterocycles. The van der Waals surface area contributed by atoms with Crippen LogP contribution < -0.4 is 5.32 Å². The normalized spacial score (nSPS) is 12.5. The third kappa shape index (κ3) is 6.71. The van der Waals surface area contributed by atoms with E-state index in [9.17, 15) is 19.2 Å². The van der Waals surface area contributed by atoms with E-state index in [0.717, 1.165) is 0 Å². The predicted molar refractivity (Wildman–Crippen MR) is 127 cm³/mol. The van der Waals surface area contributed by atoms with Crippen LogP contribution in [-0.2, 0) is 14.3 Å². The highest BCUT2D eigenvalue weighted by atomic mass is 32.2. The van der Waals surface area contributed by atoms with Crippen molar-refractivity contribution >= 4 is 35.4 Å². The number of amides is 1. The summed E-state index contributed by atoms with van der Waals surface area (Å²) >= 11 is 1.53. The molecule has 9 heteroatoms. The minimum Gasteiger partial charge on any atom is -0.462 e. The van der Waals surface area contributed by atoms with E-state index in [0.29, 0.717) is 34.6 Å². The Morgan fingerprint density at radius 3 is 2.39 bits per heavy atom. The first-order chi connectivity index (χ1) is 15.7. The summed E-state index contributed by atoms with van der Waals surface area (Å²) in [7, 11) is 0. The molecule has 8 nitrogen and oxygen atoms in total. The van der Waals surface area contributed by atoms with Gasteiger partial charge in [-0.05, 0) is 63.8 Å². The van der Waals surface area contributed by atoms with E-state index >= 15 is 0 Å². The van der Waals surface area contributed by atoms with E-state index in [1.54, 1.807) is 51.1 Å². The Morgan fingerprint density at radius 1 is 1.12 bits per heavy atom. The van der Waals surface area contributed by atoms with Crippen LogP contribution in [0.3, 0.4) is 0 Å². The number of aryl methyl sites for hydroxylation is 1. The van der Waals surface area contributed by atoms with Gasteiger partial charge in [-0.3, -0.25) is 9.59 Å². The van der Waals surface area contributed by atoms with Gasteiger partial charge in [0.1, 0.15) is 6.04 Å². The van der Waals surface area contributed by atoms with Crippen LogP contribution in [0, 0.1) is 13.8 Å². The standard InChI is InChI=1S/C24H30N2O6S/c1-6-31-24(30)19-14(2)20(25-15(19)3)21(27)16(4)32-23(29)18(12-13-33-5)26-22(28)17-10-8-7-9-11-17/h7-11,16,18,25H,6,12-13H2,1-5H3,(H,26,28). The fourth-order valence-electron chi connectivity index (χ4n) is 3.33. The maximum atomic E-state index is 13.0. The number of rotatable bonds is 11. The lowest BCUT2D eigenvalue weighted by Crippen LogP contribution is -2.44. The monoisotopic (exact) mass is 474 g/mol. The second kappa shape index (κ2) is 12.2. The second-order valence-corrected chi connectivity index (χ2v) is 8.45. The number of thioether (sulfide) groups is 1. The lowest BCUT2D eigenvalue weighted by molar-refractivity contribution is -0.148. The number of Topliss-reactive ketones (excluding diaryl/α,β-unsaturated/α-hetero) is 1. The number of benzene rings is 1. The number of ether oxygens (including phenoxy) is 2. The molecule has 2 aromatic rings. The van der Waals surface area contributed by atoms with Crippen molar-refractivity contribution in [3.63, 3.8) is 0 Å². The third-order valence-electron chi connectivity index (χ3n) is 5.06. The maximum absolute atomic E-state index is 13.0. The van der Waals surface area contributed by atoms with Crippen LogP contribution in [0.25, 0.3) is 0 Å². The number of hydrogen-bond acceptors (Lipinski definition) is 7. The molecule has 0 fully saturated rings. The van der Waals surface area contributed by atoms with Crippen LogP contribution >= 0.6 is 11.8 Å². The zero-order valence-electron chi connectivity index (χ0n) is 19.5. The van der Waals surface area contributed by atoms with E-state index in [-0.39, 0.29) is 12.3 Å². The van der Waals surface area contributed by atoms with Gasteiger partial charge in [0.15, 0.2) is 6.10 Å². The molecule has 1 aromatic heterocycles. The molecule has 0 aliphatic rings. The van der Waals surface area contributed by atoms with Crippen molar-refractivity contribution in [3.8, 4) is 0 Å². The average molecular weight is 475 g/mol. The van der Waals surface area contributed by atoms with Gasteiger partial charge in [0, 0.05) is 11.3 Å². The van der Waals surface area contributed by atoms with E-state index in [4.69, 9.17) is 9.47 Å². The molecule has 1 aromatic carbocycles. The van der Waals surface area contributed by atoms with Gasteiger partial charge >= 0.3 is 11.9 Å². The maximum Gasteiger partial charge on any atom is 0.340 e. The summed E-state index contributed by atoms with van der Waals surface area (Å²) in [6, 6.07) is 7.65. The van der Waals surface area contributed by atoms with Crippen LogP contribution in [0.1, 0.15) is 62.7 Å². The summed E-state index contributed by atoms with van der Waals surface area (Å²) in [4.78, 5) is 53.4. The van der Waals surface area contributed by atoms with Crippen LogP contribution in [0.15, 0.2) is 30.3 Å². The van der Waals surface area contributed by atoms with E-state index in [1.807, 2.05) is 6.26 Å². The third-order valence-corrected chi connectivity index (χ3v) is 5.71. The quantitative estimate of drug-likeness (QED) is 0.378. The Hall–Kier alpha value is -3.07. The van der Waals surface area contributed by atoms with Gasteiger partial charge in [-0.15, -0.1) is 0 Å². The first kappa shape index (κ1) is 26.2. The number of nitrogens with one attached hydrogen (secondary N) is 2. The van der Waals surface area contributed by atoms with Crippen molar-refractivity contribution in [3.05, 3.63) is 58.4 Å². The van der Waals surface area contributed by atoms with Gasteiger partial charge in [-0.1, -0.05) is 18.2 Å². The van der Waals surface area contributed by atoms with Gasteiger partial charge in [-0.25, -0.2) is 9.59 Å². The summed E-state index contributed by atoms with van der Waals surface area (Å²) in [5, 5.41) is 2.70. The van der Waals surface area contributed by atoms with Gasteiger partial charge < -0.3 is 19.8 Å². The first-order valence-electron chi connectivity index (χ1n) is 10.7. The number of H-pyrrole nitrogens is 1. The van der Waals surface area contributed by atoms with Gasteiger partial charge in [0.25, 0.3) is 5.91 Å². The Morgan fingerprint density at radius 2 is 1.79 bits per heavy atom. The highest BCUT2D eigenvalue weighted by molar-refractivity contribution is 7.98. The molecule has 1 amide bonds. The summed E-state index contributed by atoms with van der Waals surface area (Å²) in [6.07, 6.45) is 1.13. The van der Waals surface area contributed by atoms with Crippen LogP contribution in [-0.4, -0.2) is 59.4 Å². The van der Waals surface area contributed by atoms with Crippen molar-refractivity contribution < 1.29 is 28.7 Å². The number of carbonyl (C=O) groups is 4. The Labute approximate surface area is 197 Å².